The highest BCUT2D eigenvalue weighted by Crippen LogP contribution is 2.46. The second kappa shape index (κ2) is 19.2. The van der Waals surface area contributed by atoms with Crippen LogP contribution in [0.4, 0.5) is 0 Å². The second-order valence-corrected chi connectivity index (χ2v) is 15.1. The Balaban J connectivity index is 1.11. The van der Waals surface area contributed by atoms with E-state index in [4.69, 9.17) is 37.9 Å². The van der Waals surface area contributed by atoms with Crippen molar-refractivity contribution in [3.63, 3.8) is 0 Å². The first-order chi connectivity index (χ1) is 30.0. The molecule has 13 N–H and O–H groups in total. The Morgan fingerprint density at radius 3 is 2.08 bits per heavy atom. The zero-order valence-corrected chi connectivity index (χ0v) is 32.7. The van der Waals surface area contributed by atoms with E-state index in [0.29, 0.717) is 5.56 Å². The normalized spacial score (nSPS) is 34.4. The van der Waals surface area contributed by atoms with Gasteiger partial charge in [-0.15, -0.1) is 0 Å². The van der Waals surface area contributed by atoms with Crippen LogP contribution in [0.5, 0.6) is 34.5 Å². The van der Waals surface area contributed by atoms with Gasteiger partial charge in [0, 0.05) is 23.8 Å². The van der Waals surface area contributed by atoms with Crippen molar-refractivity contribution in [1.29, 1.82) is 0 Å². The van der Waals surface area contributed by atoms with E-state index in [1.165, 1.54) is 48.6 Å². The molecule has 0 saturated carbocycles. The summed E-state index contributed by atoms with van der Waals surface area (Å²) in [6.45, 7) is -1.90. The Labute approximate surface area is 356 Å². The van der Waals surface area contributed by atoms with E-state index in [1.54, 1.807) is 0 Å². The zero-order chi connectivity index (χ0) is 45.3. The first-order valence-electron chi connectivity index (χ1n) is 19.4. The summed E-state index contributed by atoms with van der Waals surface area (Å²) in [4.78, 5) is 12.4. The minimum atomic E-state index is -2.01. The van der Waals surface area contributed by atoms with Gasteiger partial charge >= 0.3 is 5.97 Å². The lowest BCUT2D eigenvalue weighted by Crippen LogP contribution is -2.64. The highest BCUT2D eigenvalue weighted by molar-refractivity contribution is 5.87. The van der Waals surface area contributed by atoms with Crippen LogP contribution in [0, 0.1) is 0 Å². The number of aliphatic hydroxyl groups is 8. The zero-order valence-electron chi connectivity index (χ0n) is 32.7. The van der Waals surface area contributed by atoms with Crippen molar-refractivity contribution < 1.29 is 109 Å². The van der Waals surface area contributed by atoms with Gasteiger partial charge in [-0.1, -0.05) is 18.2 Å². The molecule has 0 aliphatic carbocycles. The van der Waals surface area contributed by atoms with Crippen molar-refractivity contribution in [2.24, 2.45) is 0 Å². The van der Waals surface area contributed by atoms with Gasteiger partial charge in [-0.3, -0.25) is 0 Å². The summed E-state index contributed by atoms with van der Waals surface area (Å²) in [5, 5.41) is 137. The van der Waals surface area contributed by atoms with Crippen molar-refractivity contribution in [2.75, 3.05) is 19.8 Å². The van der Waals surface area contributed by atoms with Crippen LogP contribution in [-0.2, 0) is 38.0 Å². The third kappa shape index (κ3) is 10.1. The average Bonchev–Trinajstić information content (AvgIpc) is 3.25. The van der Waals surface area contributed by atoms with Crippen LogP contribution in [0.2, 0.25) is 0 Å². The van der Waals surface area contributed by atoms with Crippen LogP contribution >= 0.6 is 0 Å². The number of fused-ring (bicyclic) bond motifs is 1. The van der Waals surface area contributed by atoms with E-state index in [9.17, 15) is 71.2 Å². The number of phenolic OH excluding ortho intramolecular Hbond substituents is 5. The van der Waals surface area contributed by atoms with Crippen LogP contribution in [-0.4, -0.2) is 178 Å². The smallest absolute Gasteiger partial charge is 0.330 e. The van der Waals surface area contributed by atoms with Gasteiger partial charge in [-0.05, 0) is 42.0 Å². The number of esters is 1. The largest absolute Gasteiger partial charge is 0.508 e. The third-order valence-electron chi connectivity index (χ3n) is 10.6. The van der Waals surface area contributed by atoms with Crippen LogP contribution < -0.4 is 4.74 Å². The van der Waals surface area contributed by atoms with Crippen molar-refractivity contribution in [2.45, 2.75) is 92.1 Å². The van der Waals surface area contributed by atoms with Crippen LogP contribution in [0.15, 0.2) is 66.4 Å². The van der Waals surface area contributed by atoms with Gasteiger partial charge in [0.25, 0.3) is 0 Å². The van der Waals surface area contributed by atoms with E-state index >= 15 is 0 Å². The molecule has 15 atom stereocenters. The molecule has 0 bridgehead atoms. The fourth-order valence-electron chi connectivity index (χ4n) is 7.09. The van der Waals surface area contributed by atoms with Gasteiger partial charge < -0.3 is 104 Å². The van der Waals surface area contributed by atoms with Gasteiger partial charge in [-0.25, -0.2) is 4.79 Å². The number of aromatic hydroxyl groups is 5. The molecule has 0 amide bonds. The molecule has 3 aromatic rings. The molecule has 0 aromatic heterocycles. The number of rotatable bonds is 12. The summed E-state index contributed by atoms with van der Waals surface area (Å²) in [7, 11) is 0. The third-order valence-corrected chi connectivity index (χ3v) is 10.6. The highest BCUT2D eigenvalue weighted by atomic mass is 16.8. The number of ether oxygens (including phenoxy) is 8. The predicted molar refractivity (Wildman–Crippen MR) is 206 cm³/mol. The van der Waals surface area contributed by atoms with Crippen molar-refractivity contribution in [3.8, 4) is 34.5 Å². The molecule has 4 heterocycles. The Bertz CT molecular complexity index is 2130. The molecule has 4 aliphatic heterocycles. The molecule has 342 valence electrons. The quantitative estimate of drug-likeness (QED) is 0.0534. The highest BCUT2D eigenvalue weighted by Gasteiger charge is 2.52. The molecule has 7 rings (SSSR count). The summed E-state index contributed by atoms with van der Waals surface area (Å²) in [6, 6.07) is 11.7. The second-order valence-electron chi connectivity index (χ2n) is 15.1. The molecule has 22 nitrogen and oxygen atoms in total. The number of aliphatic hydroxyl groups excluding tert-OH is 8. The Kier molecular flexibility index (Phi) is 13.9. The summed E-state index contributed by atoms with van der Waals surface area (Å²) in [5.41, 5.74) is 0.676. The van der Waals surface area contributed by atoms with Crippen molar-refractivity contribution in [3.05, 3.63) is 83.1 Å². The van der Waals surface area contributed by atoms with E-state index in [2.05, 4.69) is 0 Å². The maximum atomic E-state index is 12.4. The van der Waals surface area contributed by atoms with E-state index in [-0.39, 0.29) is 34.1 Å². The molecule has 3 aromatic carbocycles. The fraction of sp³-hybridized carbons (Fsp3) is 0.439. The monoisotopic (exact) mass is 890 g/mol. The maximum absolute atomic E-state index is 12.4. The molecule has 0 radical (unpaired) electrons. The van der Waals surface area contributed by atoms with E-state index in [1.807, 2.05) is 0 Å². The van der Waals surface area contributed by atoms with Gasteiger partial charge in [-0.2, -0.15) is 0 Å². The number of carbonyl (C=O) groups is 1. The van der Waals surface area contributed by atoms with Crippen molar-refractivity contribution in [1.82, 2.24) is 0 Å². The van der Waals surface area contributed by atoms with Crippen LogP contribution in [0.1, 0.15) is 22.8 Å². The Morgan fingerprint density at radius 1 is 0.667 bits per heavy atom. The standard InChI is InChI=1S/C41H46O22/c42-18-5-1-16(2-6-18)3-8-29(48)56-14-27-31(50)33(52)36(55)39(61-27)58-15-28-32(51)34(53)38(63-40-35(54)30(49)24(47)13-57-40)41(62-28)60-26-12-20-22(45)10-19(43)11-25(20)59-37(26)17-4-7-21(44)23(46)9-17/h1-12,24,27-28,30-47,49-55H,13-15H2. The first-order valence-corrected chi connectivity index (χ1v) is 19.4. The van der Waals surface area contributed by atoms with E-state index < -0.39 is 135 Å². The summed E-state index contributed by atoms with van der Waals surface area (Å²) in [6.07, 6.45) is -22.6. The number of hydrogen-bond donors (Lipinski definition) is 13. The fourth-order valence-corrected chi connectivity index (χ4v) is 7.09. The minimum absolute atomic E-state index is 0.0169. The SMILES string of the molecule is O=C(C=Cc1ccc(O)cc1)OCC1OC(OCC2OC(OC3=Cc4c(O)cc(O)cc4OC3c3ccc(O)c(O)c3)C(OC3OCC(O)C(O)C3O)C(O)C2O)C(O)C(O)C1O. The first kappa shape index (κ1) is 45.7. The number of benzene rings is 3. The number of carbonyl (C=O) groups excluding carboxylic acids is 1. The molecule has 15 unspecified atom stereocenters. The molecular formula is C41H46O22. The Morgan fingerprint density at radius 2 is 1.35 bits per heavy atom. The summed E-state index contributed by atoms with van der Waals surface area (Å²) >= 11 is 0. The van der Waals surface area contributed by atoms with E-state index in [0.717, 1.165) is 24.3 Å². The van der Waals surface area contributed by atoms with Gasteiger partial charge in [0.1, 0.15) is 96.4 Å². The molecule has 63 heavy (non-hydrogen) atoms. The molecule has 3 fully saturated rings. The average molecular weight is 891 g/mol. The number of phenols is 5. The van der Waals surface area contributed by atoms with Crippen LogP contribution in [0.25, 0.3) is 12.2 Å². The topological polar surface area (TPSA) is 354 Å². The summed E-state index contributed by atoms with van der Waals surface area (Å²) < 4.78 is 46.1. The summed E-state index contributed by atoms with van der Waals surface area (Å²) in [5.74, 6) is -3.04. The van der Waals surface area contributed by atoms with Crippen molar-refractivity contribution >= 4 is 18.1 Å². The predicted octanol–water partition coefficient (Wildman–Crippen LogP) is -1.94. The molecule has 3 saturated heterocycles. The lowest BCUT2D eigenvalue weighted by molar-refractivity contribution is -0.360. The van der Waals surface area contributed by atoms with Gasteiger partial charge in [0.15, 0.2) is 36.3 Å². The maximum Gasteiger partial charge on any atom is 0.330 e. The lowest BCUT2D eigenvalue weighted by atomic mass is 9.97. The van der Waals surface area contributed by atoms with Gasteiger partial charge in [0.2, 0.25) is 6.29 Å². The van der Waals surface area contributed by atoms with Crippen LogP contribution in [0.3, 0.4) is 0 Å². The molecule has 4 aliphatic rings. The Hall–Kier alpha value is -5.31. The lowest BCUT2D eigenvalue weighted by Gasteiger charge is -2.46. The molecular weight excluding hydrogens is 844 g/mol. The molecule has 22 heteroatoms. The number of hydrogen-bond acceptors (Lipinski definition) is 22. The van der Waals surface area contributed by atoms with Gasteiger partial charge in [0.05, 0.1) is 18.8 Å². The molecule has 0 spiro atoms. The minimum Gasteiger partial charge on any atom is -0.508 e.